The molecule has 162 valence electrons. The van der Waals surface area contributed by atoms with E-state index < -0.39 is 17.1 Å². The zero-order valence-corrected chi connectivity index (χ0v) is 18.5. The van der Waals surface area contributed by atoms with E-state index in [2.05, 4.69) is 0 Å². The van der Waals surface area contributed by atoms with Crippen molar-refractivity contribution in [1.29, 1.82) is 0 Å². The summed E-state index contributed by atoms with van der Waals surface area (Å²) in [5.74, 6) is -0.777. The van der Waals surface area contributed by atoms with Crippen molar-refractivity contribution in [3.8, 4) is 11.4 Å². The second-order valence-corrected chi connectivity index (χ2v) is 8.23. The second-order valence-electron chi connectivity index (χ2n) is 7.24. The zero-order valence-electron chi connectivity index (χ0n) is 17.7. The van der Waals surface area contributed by atoms with Crippen LogP contribution in [-0.4, -0.2) is 33.9 Å². The number of hydrogen-bond acceptors (Lipinski definition) is 6. The monoisotopic (exact) mass is 448 g/mol. The first kappa shape index (κ1) is 21.5. The van der Waals surface area contributed by atoms with Gasteiger partial charge in [-0.25, -0.2) is 9.69 Å². The fourth-order valence-electron chi connectivity index (χ4n) is 3.65. The average Bonchev–Trinajstić information content (AvgIpc) is 3.22. The fraction of sp³-hybridized carbons (Fsp3) is 0.125. The maximum absolute atomic E-state index is 12.9. The van der Waals surface area contributed by atoms with Crippen LogP contribution in [0, 0.1) is 13.8 Å². The molecule has 1 aliphatic heterocycles. The largest absolute Gasteiger partial charge is 0.508 e. The van der Waals surface area contributed by atoms with Crippen molar-refractivity contribution in [3.63, 3.8) is 0 Å². The number of imide groups is 1. The van der Waals surface area contributed by atoms with Gasteiger partial charge in [0.05, 0.1) is 23.3 Å². The summed E-state index contributed by atoms with van der Waals surface area (Å²) >= 11 is 0.870. The number of carbonyl (C=O) groups excluding carboxylic acids is 3. The molecule has 1 aliphatic rings. The van der Waals surface area contributed by atoms with E-state index in [1.165, 1.54) is 31.4 Å². The lowest BCUT2D eigenvalue weighted by Crippen LogP contribution is -2.27. The summed E-state index contributed by atoms with van der Waals surface area (Å²) in [5, 5.41) is 9.06. The molecule has 4 rings (SSSR count). The minimum atomic E-state index is -0.419. The van der Waals surface area contributed by atoms with E-state index in [4.69, 9.17) is 4.74 Å². The molecule has 0 bridgehead atoms. The highest BCUT2D eigenvalue weighted by molar-refractivity contribution is 8.19. The topological polar surface area (TPSA) is 88.8 Å². The number of nitrogens with zero attached hydrogens (tertiary/aromatic N) is 2. The van der Waals surface area contributed by atoms with Crippen LogP contribution >= 0.6 is 11.8 Å². The quantitative estimate of drug-likeness (QED) is 0.454. The molecule has 3 aromatic rings. The molecule has 8 heteroatoms. The molecular formula is C24H20N2O5S. The fourth-order valence-corrected chi connectivity index (χ4v) is 4.49. The molecule has 1 saturated heterocycles. The van der Waals surface area contributed by atoms with Gasteiger partial charge in [-0.3, -0.25) is 9.59 Å². The predicted octanol–water partition coefficient (Wildman–Crippen LogP) is 4.83. The van der Waals surface area contributed by atoms with E-state index in [1.807, 2.05) is 30.5 Å². The molecule has 1 aromatic heterocycles. The van der Waals surface area contributed by atoms with Crippen LogP contribution in [0.2, 0.25) is 0 Å². The molecule has 0 saturated carbocycles. The van der Waals surface area contributed by atoms with E-state index in [0.717, 1.165) is 39.3 Å². The van der Waals surface area contributed by atoms with Crippen LogP contribution in [0.1, 0.15) is 27.3 Å². The van der Waals surface area contributed by atoms with Gasteiger partial charge in [-0.05, 0) is 85.8 Å². The van der Waals surface area contributed by atoms with Gasteiger partial charge in [0.2, 0.25) is 0 Å². The van der Waals surface area contributed by atoms with Crippen molar-refractivity contribution >= 4 is 40.6 Å². The van der Waals surface area contributed by atoms with Gasteiger partial charge in [0.1, 0.15) is 5.75 Å². The minimum Gasteiger partial charge on any atom is -0.508 e. The van der Waals surface area contributed by atoms with Gasteiger partial charge >= 0.3 is 5.97 Å². The number of esters is 1. The number of ether oxygens (including phenoxy) is 1. The normalized spacial score (nSPS) is 15.0. The third-order valence-electron chi connectivity index (χ3n) is 5.18. The highest BCUT2D eigenvalue weighted by Crippen LogP contribution is 2.37. The van der Waals surface area contributed by atoms with Crippen LogP contribution in [-0.2, 0) is 9.53 Å². The van der Waals surface area contributed by atoms with Crippen molar-refractivity contribution < 1.29 is 24.2 Å². The van der Waals surface area contributed by atoms with Crippen LogP contribution in [0.3, 0.4) is 0 Å². The molecule has 7 nitrogen and oxygen atoms in total. The second kappa shape index (κ2) is 8.39. The Morgan fingerprint density at radius 1 is 1.03 bits per heavy atom. The summed E-state index contributed by atoms with van der Waals surface area (Å²) in [4.78, 5) is 38.7. The standard InChI is InChI=1S/C24H20N2O5S/c1-14-11-17(15(2)25(14)19-6-4-5-16(12-19)23(29)31-3)13-21-22(28)26(24(30)32-21)18-7-9-20(27)10-8-18/h4-13,27H,1-3H3/b21-13-. The molecule has 0 radical (unpaired) electrons. The smallest absolute Gasteiger partial charge is 0.337 e. The van der Waals surface area contributed by atoms with E-state index in [-0.39, 0.29) is 5.75 Å². The average molecular weight is 449 g/mol. The minimum absolute atomic E-state index is 0.0555. The van der Waals surface area contributed by atoms with Crippen molar-refractivity contribution in [2.24, 2.45) is 0 Å². The Morgan fingerprint density at radius 3 is 2.44 bits per heavy atom. The number of aromatic nitrogens is 1. The predicted molar refractivity (Wildman–Crippen MR) is 123 cm³/mol. The number of amides is 2. The lowest BCUT2D eigenvalue weighted by atomic mass is 10.2. The number of thioether (sulfide) groups is 1. The molecule has 0 aliphatic carbocycles. The number of phenols is 1. The van der Waals surface area contributed by atoms with Crippen molar-refractivity contribution in [1.82, 2.24) is 4.57 Å². The van der Waals surface area contributed by atoms with Gasteiger partial charge < -0.3 is 14.4 Å². The van der Waals surface area contributed by atoms with Crippen molar-refractivity contribution in [2.45, 2.75) is 13.8 Å². The first-order chi connectivity index (χ1) is 15.3. The summed E-state index contributed by atoms with van der Waals surface area (Å²) in [6.45, 7) is 3.84. The molecule has 2 heterocycles. The number of benzene rings is 2. The SMILES string of the molecule is COC(=O)c1cccc(-n2c(C)cc(/C=C3\SC(=O)N(c4ccc(O)cc4)C3=O)c2C)c1. The summed E-state index contributed by atoms with van der Waals surface area (Å²) in [5.41, 5.74) is 4.20. The summed E-state index contributed by atoms with van der Waals surface area (Å²) < 4.78 is 6.78. The number of phenolic OH excluding ortho intramolecular Hbond substituents is 1. The lowest BCUT2D eigenvalue weighted by Gasteiger charge is -2.12. The number of methoxy groups -OCH3 is 1. The molecule has 32 heavy (non-hydrogen) atoms. The third kappa shape index (κ3) is 3.80. The summed E-state index contributed by atoms with van der Waals surface area (Å²) in [6, 6.07) is 14.9. The van der Waals surface area contributed by atoms with E-state index in [0.29, 0.717) is 16.2 Å². The Kier molecular flexibility index (Phi) is 5.63. The van der Waals surface area contributed by atoms with Crippen LogP contribution in [0.5, 0.6) is 5.75 Å². The highest BCUT2D eigenvalue weighted by Gasteiger charge is 2.36. The van der Waals surface area contributed by atoms with E-state index >= 15 is 0 Å². The number of aryl methyl sites for hydroxylation is 1. The van der Waals surface area contributed by atoms with Crippen molar-refractivity contribution in [3.05, 3.63) is 82.0 Å². The van der Waals surface area contributed by atoms with Gasteiger partial charge in [0.15, 0.2) is 0 Å². The Balaban J connectivity index is 1.69. The zero-order chi connectivity index (χ0) is 23.0. The van der Waals surface area contributed by atoms with E-state index in [1.54, 1.807) is 24.3 Å². The number of anilines is 1. The molecule has 1 N–H and O–H groups in total. The molecule has 1 fully saturated rings. The molecular weight excluding hydrogens is 428 g/mol. The maximum atomic E-state index is 12.9. The molecule has 2 amide bonds. The Morgan fingerprint density at radius 2 is 1.75 bits per heavy atom. The van der Waals surface area contributed by atoms with Crippen LogP contribution in [0.25, 0.3) is 11.8 Å². The van der Waals surface area contributed by atoms with Crippen LogP contribution in [0.15, 0.2) is 59.5 Å². The number of aromatic hydroxyl groups is 1. The summed E-state index contributed by atoms with van der Waals surface area (Å²) in [6.07, 6.45) is 1.70. The molecule has 0 unspecified atom stereocenters. The first-order valence-corrected chi connectivity index (χ1v) is 10.6. The van der Waals surface area contributed by atoms with Crippen LogP contribution < -0.4 is 4.90 Å². The van der Waals surface area contributed by atoms with Gasteiger partial charge in [0, 0.05) is 17.1 Å². The Bertz CT molecular complexity index is 1270. The maximum Gasteiger partial charge on any atom is 0.337 e. The number of carbonyl (C=O) groups is 3. The molecule has 0 atom stereocenters. The summed E-state index contributed by atoms with van der Waals surface area (Å²) in [7, 11) is 1.34. The number of rotatable bonds is 4. The number of hydrogen-bond donors (Lipinski definition) is 1. The molecule has 2 aromatic carbocycles. The molecule has 0 spiro atoms. The van der Waals surface area contributed by atoms with E-state index in [9.17, 15) is 19.5 Å². The highest BCUT2D eigenvalue weighted by atomic mass is 32.2. The lowest BCUT2D eigenvalue weighted by molar-refractivity contribution is -0.113. The first-order valence-electron chi connectivity index (χ1n) is 9.75. The van der Waals surface area contributed by atoms with Gasteiger partial charge in [-0.15, -0.1) is 0 Å². The van der Waals surface area contributed by atoms with Gasteiger partial charge in [0.25, 0.3) is 11.1 Å². The van der Waals surface area contributed by atoms with Crippen LogP contribution in [0.4, 0.5) is 10.5 Å². The Hall–Kier alpha value is -3.78. The Labute approximate surface area is 188 Å². The van der Waals surface area contributed by atoms with Gasteiger partial charge in [-0.1, -0.05) is 6.07 Å². The van der Waals surface area contributed by atoms with Gasteiger partial charge in [-0.2, -0.15) is 0 Å². The van der Waals surface area contributed by atoms with Crippen molar-refractivity contribution in [2.75, 3.05) is 12.0 Å². The third-order valence-corrected chi connectivity index (χ3v) is 6.05.